The molecule has 45 heavy (non-hydrogen) atoms. The number of rotatable bonds is 3. The van der Waals surface area contributed by atoms with Gasteiger partial charge in [0.2, 0.25) is 17.7 Å². The maximum atomic E-state index is 13.9. The molecular formula is C34H38N4O7. The molecule has 0 saturated carbocycles. The normalized spacial score (nSPS) is 20.6. The molecule has 6 rings (SSSR count). The quantitative estimate of drug-likeness (QED) is 0.332. The van der Waals surface area contributed by atoms with Gasteiger partial charge in [0.15, 0.2) is 0 Å². The van der Waals surface area contributed by atoms with Gasteiger partial charge in [0, 0.05) is 19.5 Å². The van der Waals surface area contributed by atoms with Crippen molar-refractivity contribution in [2.75, 3.05) is 13.7 Å². The molecule has 3 aliphatic rings. The molecule has 0 aliphatic carbocycles. The number of carbonyl (C=O) groups excluding carboxylic acids is 4. The molecule has 3 aliphatic heterocycles. The number of benzene rings is 3. The number of hydrogen-bond donors (Lipinski definition) is 4. The number of nitrogens with zero attached hydrogens (tertiary/aromatic N) is 1. The first-order valence-electron chi connectivity index (χ1n) is 15.0. The molecule has 3 heterocycles. The highest BCUT2D eigenvalue weighted by Gasteiger charge is 2.32. The second kappa shape index (κ2) is 13.3. The highest BCUT2D eigenvalue weighted by molar-refractivity contribution is 6.00. The van der Waals surface area contributed by atoms with E-state index in [1.807, 2.05) is 18.2 Å². The zero-order chi connectivity index (χ0) is 32.2. The summed E-state index contributed by atoms with van der Waals surface area (Å²) in [5.74, 6) is -1.08. The molecule has 3 aromatic rings. The van der Waals surface area contributed by atoms with Gasteiger partial charge in [-0.15, -0.1) is 0 Å². The summed E-state index contributed by atoms with van der Waals surface area (Å²) in [6, 6.07) is 14.2. The van der Waals surface area contributed by atoms with E-state index in [-0.39, 0.29) is 29.6 Å². The Morgan fingerprint density at radius 2 is 1.67 bits per heavy atom. The van der Waals surface area contributed by atoms with E-state index in [1.165, 1.54) is 25.1 Å². The number of fused-ring (bicyclic) bond motifs is 12. The van der Waals surface area contributed by atoms with Crippen molar-refractivity contribution in [3.05, 3.63) is 82.9 Å². The van der Waals surface area contributed by atoms with Crippen LogP contribution in [0, 0.1) is 5.92 Å². The van der Waals surface area contributed by atoms with Gasteiger partial charge in [-0.1, -0.05) is 32.0 Å². The molecule has 11 nitrogen and oxygen atoms in total. The minimum atomic E-state index is -1.01. The van der Waals surface area contributed by atoms with Gasteiger partial charge in [0.1, 0.15) is 41.1 Å². The van der Waals surface area contributed by atoms with Crippen molar-refractivity contribution in [3.63, 3.8) is 0 Å². The maximum Gasteiger partial charge on any atom is 0.255 e. The predicted molar refractivity (Wildman–Crippen MR) is 166 cm³/mol. The fourth-order valence-corrected chi connectivity index (χ4v) is 5.51. The van der Waals surface area contributed by atoms with Crippen molar-refractivity contribution in [2.24, 2.45) is 5.92 Å². The zero-order valence-corrected chi connectivity index (χ0v) is 25.8. The summed E-state index contributed by atoms with van der Waals surface area (Å²) >= 11 is 0. The molecule has 0 radical (unpaired) electrons. The van der Waals surface area contributed by atoms with Crippen LogP contribution in [0.1, 0.15) is 47.8 Å². The SMILES string of the molecule is COc1ccc2c(c1)CCN(C(=O)[C@@H]1Cc3ccc(cc3)Oc3ccc(O)c(c3)C(=O)N[C@@H](C(C)C)C(=O)N[C@@H](C)C(=O)N1)C2. The first kappa shape index (κ1) is 31.4. The largest absolute Gasteiger partial charge is 0.507 e. The third-order valence-corrected chi connectivity index (χ3v) is 8.15. The average Bonchev–Trinajstić information content (AvgIpc) is 3.03. The molecule has 4 N–H and O–H groups in total. The number of nitrogens with one attached hydrogen (secondary N) is 3. The van der Waals surface area contributed by atoms with Gasteiger partial charge in [-0.3, -0.25) is 19.2 Å². The Kier molecular flexibility index (Phi) is 9.26. The molecule has 3 atom stereocenters. The fourth-order valence-electron chi connectivity index (χ4n) is 5.51. The smallest absolute Gasteiger partial charge is 0.255 e. The second-order valence-electron chi connectivity index (χ2n) is 11.8. The second-order valence-corrected chi connectivity index (χ2v) is 11.8. The number of methoxy groups -OCH3 is 1. The molecule has 3 aromatic carbocycles. The first-order valence-corrected chi connectivity index (χ1v) is 15.0. The van der Waals surface area contributed by atoms with Crippen molar-refractivity contribution >= 4 is 23.6 Å². The van der Waals surface area contributed by atoms with Crippen molar-refractivity contribution in [1.82, 2.24) is 20.9 Å². The molecule has 0 fully saturated rings. The van der Waals surface area contributed by atoms with E-state index in [0.717, 1.165) is 22.4 Å². The standard InChI is InChI=1S/C34H38N4O7/c1-19(2)30-33(42)35-20(3)31(40)36-28(34(43)38-14-13-22-16-25(44-4)10-7-23(22)18-38)15-21-5-8-24(9-6-21)45-26-11-12-29(39)27(17-26)32(41)37-30/h5-12,16-17,19-20,28,30,39H,13-15,18H2,1-4H3,(H,35,42)(H,36,40)(H,37,41)/t20-,28-,30-/m0/s1. The number of aromatic hydroxyl groups is 1. The van der Waals surface area contributed by atoms with Crippen molar-refractivity contribution in [1.29, 1.82) is 0 Å². The average molecular weight is 615 g/mol. The molecule has 0 unspecified atom stereocenters. The van der Waals surface area contributed by atoms with E-state index in [0.29, 0.717) is 31.0 Å². The third kappa shape index (κ3) is 7.19. The number of carbonyl (C=O) groups is 4. The molecular weight excluding hydrogens is 576 g/mol. The Hall–Kier alpha value is -5.06. The summed E-state index contributed by atoms with van der Waals surface area (Å²) in [6.07, 6.45) is 0.865. The van der Waals surface area contributed by atoms with Gasteiger partial charge >= 0.3 is 0 Å². The van der Waals surface area contributed by atoms with Crippen LogP contribution in [0.25, 0.3) is 0 Å². The van der Waals surface area contributed by atoms with Crippen LogP contribution in [0.4, 0.5) is 0 Å². The van der Waals surface area contributed by atoms with Gasteiger partial charge in [-0.25, -0.2) is 0 Å². The van der Waals surface area contributed by atoms with Gasteiger partial charge < -0.3 is 35.4 Å². The van der Waals surface area contributed by atoms with Crippen LogP contribution in [0.15, 0.2) is 60.7 Å². The lowest BCUT2D eigenvalue weighted by Gasteiger charge is -2.33. The van der Waals surface area contributed by atoms with Crippen molar-refractivity contribution in [2.45, 2.75) is 58.3 Å². The zero-order valence-electron chi connectivity index (χ0n) is 25.8. The van der Waals surface area contributed by atoms with E-state index in [4.69, 9.17) is 9.47 Å². The number of phenols is 1. The Morgan fingerprint density at radius 3 is 2.38 bits per heavy atom. The Labute approximate surface area is 261 Å². The minimum absolute atomic E-state index is 0.0599. The van der Waals surface area contributed by atoms with E-state index >= 15 is 0 Å². The Balaban J connectivity index is 1.45. The van der Waals surface area contributed by atoms with Crippen LogP contribution in [-0.4, -0.2) is 65.4 Å². The summed E-state index contributed by atoms with van der Waals surface area (Å²) in [5.41, 5.74) is 2.86. The van der Waals surface area contributed by atoms with Crippen molar-refractivity contribution in [3.8, 4) is 23.0 Å². The summed E-state index contributed by atoms with van der Waals surface area (Å²) in [5, 5.41) is 18.6. The van der Waals surface area contributed by atoms with Gasteiger partial charge in [-0.05, 0) is 78.4 Å². The Morgan fingerprint density at radius 1 is 0.933 bits per heavy atom. The fraction of sp³-hybridized carbons (Fsp3) is 0.353. The lowest BCUT2D eigenvalue weighted by atomic mass is 9.97. The van der Waals surface area contributed by atoms with Gasteiger partial charge in [-0.2, -0.15) is 0 Å². The molecule has 0 aromatic heterocycles. The lowest BCUT2D eigenvalue weighted by molar-refractivity contribution is -0.138. The number of amides is 4. The summed E-state index contributed by atoms with van der Waals surface area (Å²) in [7, 11) is 1.62. The van der Waals surface area contributed by atoms with E-state index in [1.54, 1.807) is 50.1 Å². The lowest BCUT2D eigenvalue weighted by Crippen LogP contribution is -2.57. The highest BCUT2D eigenvalue weighted by Crippen LogP contribution is 2.29. The molecule has 4 amide bonds. The van der Waals surface area contributed by atoms with Crippen LogP contribution >= 0.6 is 0 Å². The van der Waals surface area contributed by atoms with Crippen LogP contribution < -0.4 is 25.4 Å². The number of hydrogen-bond acceptors (Lipinski definition) is 7. The topological polar surface area (TPSA) is 146 Å². The molecule has 4 bridgehead atoms. The third-order valence-electron chi connectivity index (χ3n) is 8.15. The van der Waals surface area contributed by atoms with Gasteiger partial charge in [0.05, 0.1) is 12.7 Å². The minimum Gasteiger partial charge on any atom is -0.507 e. The van der Waals surface area contributed by atoms with Crippen LogP contribution in [0.2, 0.25) is 0 Å². The summed E-state index contributed by atoms with van der Waals surface area (Å²) in [4.78, 5) is 55.6. The molecule has 0 spiro atoms. The Bertz CT molecular complexity index is 1600. The first-order chi connectivity index (χ1) is 21.5. The molecule has 0 saturated heterocycles. The summed E-state index contributed by atoms with van der Waals surface area (Å²) in [6.45, 7) is 5.91. The van der Waals surface area contributed by atoms with E-state index in [2.05, 4.69) is 16.0 Å². The molecule has 11 heteroatoms. The number of ether oxygens (including phenoxy) is 2. The van der Waals surface area contributed by atoms with Gasteiger partial charge in [0.25, 0.3) is 5.91 Å². The summed E-state index contributed by atoms with van der Waals surface area (Å²) < 4.78 is 11.3. The monoisotopic (exact) mass is 614 g/mol. The molecule has 236 valence electrons. The van der Waals surface area contributed by atoms with Crippen LogP contribution in [-0.2, 0) is 33.8 Å². The number of phenolic OH excluding ortho intramolecular Hbond substituents is 1. The van der Waals surface area contributed by atoms with E-state index < -0.39 is 35.8 Å². The predicted octanol–water partition coefficient (Wildman–Crippen LogP) is 3.08. The van der Waals surface area contributed by atoms with Crippen molar-refractivity contribution < 1.29 is 33.8 Å². The highest BCUT2D eigenvalue weighted by atomic mass is 16.5. The van der Waals surface area contributed by atoms with Crippen LogP contribution in [0.3, 0.4) is 0 Å². The van der Waals surface area contributed by atoms with E-state index in [9.17, 15) is 24.3 Å². The van der Waals surface area contributed by atoms with Crippen LogP contribution in [0.5, 0.6) is 23.0 Å². The maximum absolute atomic E-state index is 13.9.